The van der Waals surface area contributed by atoms with Crippen LogP contribution in [0.1, 0.15) is 0 Å². The molecule has 0 radical (unpaired) electrons. The Balaban J connectivity index is 0.000000129. The van der Waals surface area contributed by atoms with Gasteiger partial charge < -0.3 is 13.3 Å². The fraction of sp³-hybridized carbons (Fsp3) is 0. The highest BCUT2D eigenvalue weighted by atomic mass is 16.4. The van der Waals surface area contributed by atoms with Crippen molar-refractivity contribution in [1.82, 2.24) is 63.1 Å². The van der Waals surface area contributed by atoms with Crippen molar-refractivity contribution in [2.75, 3.05) is 0 Å². The van der Waals surface area contributed by atoms with Crippen molar-refractivity contribution in [3.8, 4) is 46.6 Å². The number of hydrogen-bond acceptors (Lipinski definition) is 12. The highest BCUT2D eigenvalue weighted by Gasteiger charge is 2.28. The highest BCUT2D eigenvalue weighted by Crippen LogP contribution is 2.42. The quantitative estimate of drug-likeness (QED) is 0.154. The van der Waals surface area contributed by atoms with Crippen LogP contribution in [-0.4, -0.2) is 63.1 Å². The third-order valence-corrected chi connectivity index (χ3v) is 15.8. The van der Waals surface area contributed by atoms with Crippen LogP contribution < -0.4 is 0 Å². The lowest BCUT2D eigenvalue weighted by molar-refractivity contribution is 0.636. The SMILES string of the molecule is c1ccc(-c2nc(-n3c4ccccc4c4ccccc43)nc(-n3c4cccnc4c4c5ccccc5oc43)n2)cc1.c1ccc(-c2nc(-n3c4cccnc4c4c5ccccc5oc43)nc(-n3c4cccnc4c4c5ccccc5oc43)n2)cc1. The molecular formula is C69H39N13O3. The molecular weight excluding hydrogens is 1060 g/mol. The van der Waals surface area contributed by atoms with Crippen molar-refractivity contribution >= 4 is 121 Å². The maximum Gasteiger partial charge on any atom is 0.242 e. The van der Waals surface area contributed by atoms with E-state index in [0.717, 1.165) is 115 Å². The van der Waals surface area contributed by atoms with Crippen LogP contribution in [0.5, 0.6) is 0 Å². The first kappa shape index (κ1) is 46.6. The average molecular weight is 1100 g/mol. The molecule has 398 valence electrons. The van der Waals surface area contributed by atoms with Crippen LogP contribution in [0.15, 0.2) is 250 Å². The van der Waals surface area contributed by atoms with Crippen molar-refractivity contribution in [3.63, 3.8) is 0 Å². The fourth-order valence-corrected chi connectivity index (χ4v) is 12.2. The smallest absolute Gasteiger partial charge is 0.242 e. The number of para-hydroxylation sites is 5. The van der Waals surface area contributed by atoms with Crippen molar-refractivity contribution < 1.29 is 13.3 Å². The van der Waals surface area contributed by atoms with Crippen molar-refractivity contribution in [3.05, 3.63) is 237 Å². The number of aromatic nitrogens is 13. The van der Waals surface area contributed by atoms with Crippen molar-refractivity contribution in [2.24, 2.45) is 0 Å². The van der Waals surface area contributed by atoms with Gasteiger partial charge in [0.05, 0.1) is 43.7 Å². The van der Waals surface area contributed by atoms with E-state index >= 15 is 0 Å². The molecule has 0 fully saturated rings. The first-order valence-electron chi connectivity index (χ1n) is 27.6. The number of rotatable bonds is 6. The van der Waals surface area contributed by atoms with E-state index in [1.165, 1.54) is 0 Å². The monoisotopic (exact) mass is 1100 g/mol. The summed E-state index contributed by atoms with van der Waals surface area (Å²) in [5.74, 6) is 2.87. The molecule has 12 heterocycles. The first-order chi connectivity index (χ1) is 42.2. The zero-order valence-corrected chi connectivity index (χ0v) is 44.6. The van der Waals surface area contributed by atoms with Gasteiger partial charge in [0, 0.05) is 56.6 Å². The zero-order chi connectivity index (χ0) is 55.7. The molecule has 0 saturated carbocycles. The van der Waals surface area contributed by atoms with Gasteiger partial charge in [-0.25, -0.2) is 13.7 Å². The Hall–Kier alpha value is -12.2. The van der Waals surface area contributed by atoms with Gasteiger partial charge in [0.2, 0.25) is 40.9 Å². The van der Waals surface area contributed by atoms with E-state index in [1.807, 2.05) is 190 Å². The number of pyridine rings is 3. The predicted octanol–water partition coefficient (Wildman–Crippen LogP) is 15.9. The summed E-state index contributed by atoms with van der Waals surface area (Å²) in [5.41, 5.74) is 13.0. The van der Waals surface area contributed by atoms with Crippen LogP contribution in [-0.2, 0) is 0 Å². The predicted molar refractivity (Wildman–Crippen MR) is 331 cm³/mol. The summed E-state index contributed by atoms with van der Waals surface area (Å²) < 4.78 is 27.3. The largest absolute Gasteiger partial charge is 0.439 e. The summed E-state index contributed by atoms with van der Waals surface area (Å²) >= 11 is 0. The van der Waals surface area contributed by atoms with Crippen LogP contribution in [0, 0.1) is 0 Å². The molecule has 0 spiro atoms. The highest BCUT2D eigenvalue weighted by molar-refractivity contribution is 6.20. The molecule has 16 heteroatoms. The Labute approximate surface area is 478 Å². The van der Waals surface area contributed by atoms with Gasteiger partial charge in [0.1, 0.15) is 33.3 Å². The Morgan fingerprint density at radius 1 is 0.247 bits per heavy atom. The topological polar surface area (TPSA) is 175 Å². The molecule has 0 amide bonds. The molecule has 0 atom stereocenters. The third kappa shape index (κ3) is 6.99. The summed E-state index contributed by atoms with van der Waals surface area (Å²) in [7, 11) is 0. The van der Waals surface area contributed by atoms with Gasteiger partial charge in [-0.2, -0.15) is 29.9 Å². The molecule has 85 heavy (non-hydrogen) atoms. The van der Waals surface area contributed by atoms with E-state index in [2.05, 4.69) is 47.0 Å². The Bertz CT molecular complexity index is 5670. The minimum absolute atomic E-state index is 0.399. The standard InChI is InChI=1S/C35H19N7O2.C34H20N6O/c1-2-10-20(11-3-1)31-38-34(41-23-14-8-18-36-29(23)27-21-12-4-6-16-25(21)43-32(27)41)40-35(39-31)42-24-15-9-19-37-30(24)28-22-13-5-7-17-26(22)44-33(28)42;1-2-11-21(12-3-1)31-36-33(39-25-16-7-4-13-22(25)23-14-5-8-17-26(23)39)38-34(37-31)40-27-18-10-20-35-30(27)29-24-15-6-9-19-28(24)41-32(29)40/h1-19H;1-20H. The van der Waals surface area contributed by atoms with Gasteiger partial charge in [0.15, 0.2) is 11.6 Å². The molecule has 0 N–H and O–H groups in total. The van der Waals surface area contributed by atoms with Crippen LogP contribution in [0.4, 0.5) is 0 Å². The molecule has 7 aromatic carbocycles. The molecule has 19 rings (SSSR count). The third-order valence-electron chi connectivity index (χ3n) is 15.8. The zero-order valence-electron chi connectivity index (χ0n) is 44.6. The molecule has 0 aliphatic rings. The van der Waals surface area contributed by atoms with Gasteiger partial charge in [-0.1, -0.05) is 152 Å². The molecule has 0 aliphatic carbocycles. The molecule has 0 bridgehead atoms. The molecule has 19 aromatic rings. The van der Waals surface area contributed by atoms with E-state index in [0.29, 0.717) is 52.6 Å². The number of fused-ring (bicyclic) bond motifs is 18. The molecule has 16 nitrogen and oxygen atoms in total. The van der Waals surface area contributed by atoms with Gasteiger partial charge in [-0.3, -0.25) is 19.5 Å². The van der Waals surface area contributed by atoms with Gasteiger partial charge >= 0.3 is 0 Å². The average Bonchev–Trinajstić information content (AvgIpc) is 1.77. The van der Waals surface area contributed by atoms with Gasteiger partial charge in [-0.15, -0.1) is 0 Å². The molecule has 0 unspecified atom stereocenters. The van der Waals surface area contributed by atoms with E-state index in [9.17, 15) is 0 Å². The van der Waals surface area contributed by atoms with Crippen LogP contribution in [0.3, 0.4) is 0 Å². The van der Waals surface area contributed by atoms with E-state index in [4.69, 9.17) is 58.1 Å². The number of furan rings is 3. The number of nitrogens with zero attached hydrogens (tertiary/aromatic N) is 13. The lowest BCUT2D eigenvalue weighted by Gasteiger charge is -2.11. The van der Waals surface area contributed by atoms with Crippen molar-refractivity contribution in [1.29, 1.82) is 0 Å². The minimum atomic E-state index is 0.399. The second-order valence-corrected chi connectivity index (χ2v) is 20.6. The molecule has 0 aliphatic heterocycles. The van der Waals surface area contributed by atoms with Crippen LogP contribution >= 0.6 is 0 Å². The Kier molecular flexibility index (Phi) is 9.95. The van der Waals surface area contributed by atoms with Crippen LogP contribution in [0.25, 0.3) is 168 Å². The van der Waals surface area contributed by atoms with E-state index in [-0.39, 0.29) is 0 Å². The van der Waals surface area contributed by atoms with Gasteiger partial charge in [0.25, 0.3) is 0 Å². The van der Waals surface area contributed by atoms with Gasteiger partial charge in [-0.05, 0) is 66.7 Å². The number of hydrogen-bond donors (Lipinski definition) is 0. The minimum Gasteiger partial charge on any atom is -0.439 e. The second-order valence-electron chi connectivity index (χ2n) is 20.6. The summed E-state index contributed by atoms with van der Waals surface area (Å²) in [5, 5.41) is 8.01. The van der Waals surface area contributed by atoms with Crippen LogP contribution in [0.2, 0.25) is 0 Å². The maximum atomic E-state index is 6.47. The first-order valence-corrected chi connectivity index (χ1v) is 27.6. The second kappa shape index (κ2) is 18.2. The van der Waals surface area contributed by atoms with Crippen molar-refractivity contribution in [2.45, 2.75) is 0 Å². The lowest BCUT2D eigenvalue weighted by atomic mass is 10.2. The van der Waals surface area contributed by atoms with E-state index < -0.39 is 0 Å². The summed E-state index contributed by atoms with van der Waals surface area (Å²) in [4.78, 5) is 44.6. The Morgan fingerprint density at radius 2 is 0.541 bits per heavy atom. The number of benzene rings is 7. The Morgan fingerprint density at radius 3 is 0.906 bits per heavy atom. The summed E-state index contributed by atoms with van der Waals surface area (Å²) in [6, 6.07) is 72.3. The summed E-state index contributed by atoms with van der Waals surface area (Å²) in [6.07, 6.45) is 5.39. The fourth-order valence-electron chi connectivity index (χ4n) is 12.2. The summed E-state index contributed by atoms with van der Waals surface area (Å²) in [6.45, 7) is 0. The van der Waals surface area contributed by atoms with E-state index in [1.54, 1.807) is 18.6 Å². The lowest BCUT2D eigenvalue weighted by Crippen LogP contribution is -2.10. The normalized spacial score (nSPS) is 12.0. The maximum absolute atomic E-state index is 6.47. The molecule has 0 saturated heterocycles. The molecule has 12 aromatic heterocycles.